The number of nitrogens with two attached hydrogens (primary N) is 1. The Labute approximate surface area is 122 Å². The normalized spacial score (nSPS) is 10.6. The van der Waals surface area contributed by atoms with Gasteiger partial charge >= 0.3 is 0 Å². The number of pyridine rings is 1. The van der Waals surface area contributed by atoms with Crippen LogP contribution in [0, 0.1) is 0 Å². The highest BCUT2D eigenvalue weighted by Crippen LogP contribution is 2.24. The molecule has 0 aliphatic carbocycles. The summed E-state index contributed by atoms with van der Waals surface area (Å²) in [7, 11) is 0. The van der Waals surface area contributed by atoms with Gasteiger partial charge in [-0.2, -0.15) is 0 Å². The molecule has 0 aliphatic rings. The molecule has 1 amide bonds. The Morgan fingerprint density at radius 3 is 2.38 bits per heavy atom. The van der Waals surface area contributed by atoms with Crippen molar-refractivity contribution in [1.29, 1.82) is 0 Å². The van der Waals surface area contributed by atoms with Crippen LogP contribution in [0.25, 0.3) is 10.8 Å². The van der Waals surface area contributed by atoms with E-state index in [2.05, 4.69) is 10.4 Å². The minimum atomic E-state index is -0.287. The summed E-state index contributed by atoms with van der Waals surface area (Å²) in [6.45, 7) is -0.0195. The SMILES string of the molecule is NNc1ncc(C(=O)N(CCO)CCO)c2ccccc12. The molecule has 0 saturated carbocycles. The minimum Gasteiger partial charge on any atom is -0.395 e. The Hall–Kier alpha value is -2.22. The lowest BCUT2D eigenvalue weighted by Crippen LogP contribution is -2.36. The van der Waals surface area contributed by atoms with Crippen LogP contribution in [0.4, 0.5) is 5.82 Å². The molecule has 2 rings (SSSR count). The molecule has 5 N–H and O–H groups in total. The highest BCUT2D eigenvalue weighted by molar-refractivity contribution is 6.09. The van der Waals surface area contributed by atoms with Crippen molar-refractivity contribution in [2.75, 3.05) is 31.7 Å². The molecule has 1 aromatic carbocycles. The van der Waals surface area contributed by atoms with Crippen molar-refractivity contribution >= 4 is 22.5 Å². The van der Waals surface area contributed by atoms with Gasteiger partial charge in [0.2, 0.25) is 0 Å². The van der Waals surface area contributed by atoms with E-state index in [4.69, 9.17) is 16.1 Å². The molecule has 0 radical (unpaired) electrons. The van der Waals surface area contributed by atoms with Gasteiger partial charge in [0, 0.05) is 24.7 Å². The van der Waals surface area contributed by atoms with Crippen LogP contribution in [-0.4, -0.2) is 52.3 Å². The number of nitrogen functional groups attached to an aromatic ring is 1. The Bertz CT molecular complexity index is 627. The number of hydrazine groups is 1. The van der Waals surface area contributed by atoms with Crippen molar-refractivity contribution in [3.05, 3.63) is 36.0 Å². The van der Waals surface area contributed by atoms with E-state index < -0.39 is 0 Å². The third-order valence-corrected chi connectivity index (χ3v) is 3.19. The summed E-state index contributed by atoms with van der Waals surface area (Å²) in [5.74, 6) is 5.62. The molecule has 7 nitrogen and oxygen atoms in total. The number of aliphatic hydroxyl groups is 2. The Morgan fingerprint density at radius 2 is 1.81 bits per heavy atom. The molecule has 1 aromatic heterocycles. The van der Waals surface area contributed by atoms with Crippen molar-refractivity contribution in [1.82, 2.24) is 9.88 Å². The highest BCUT2D eigenvalue weighted by Gasteiger charge is 2.18. The van der Waals surface area contributed by atoms with Gasteiger partial charge in [-0.05, 0) is 5.39 Å². The fourth-order valence-electron chi connectivity index (χ4n) is 2.20. The van der Waals surface area contributed by atoms with Gasteiger partial charge in [0.25, 0.3) is 5.91 Å². The Kier molecular flexibility index (Phi) is 5.04. The van der Waals surface area contributed by atoms with Crippen LogP contribution < -0.4 is 11.3 Å². The summed E-state index contributed by atoms with van der Waals surface area (Å²) >= 11 is 0. The Balaban J connectivity index is 2.48. The van der Waals surface area contributed by atoms with E-state index in [1.165, 1.54) is 11.1 Å². The average molecular weight is 290 g/mol. The second kappa shape index (κ2) is 6.98. The van der Waals surface area contributed by atoms with Crippen molar-refractivity contribution in [2.45, 2.75) is 0 Å². The fraction of sp³-hybridized carbons (Fsp3) is 0.286. The third-order valence-electron chi connectivity index (χ3n) is 3.19. The number of aliphatic hydroxyl groups excluding tert-OH is 2. The lowest BCUT2D eigenvalue weighted by molar-refractivity contribution is 0.0686. The number of aromatic nitrogens is 1. The lowest BCUT2D eigenvalue weighted by atomic mass is 10.1. The van der Waals surface area contributed by atoms with Gasteiger partial charge in [-0.1, -0.05) is 24.3 Å². The van der Waals surface area contributed by atoms with E-state index in [9.17, 15) is 4.79 Å². The molecule has 0 unspecified atom stereocenters. The minimum absolute atomic E-state index is 0.157. The summed E-state index contributed by atoms with van der Waals surface area (Å²) in [6.07, 6.45) is 1.45. The topological polar surface area (TPSA) is 112 Å². The van der Waals surface area contributed by atoms with Crippen LogP contribution >= 0.6 is 0 Å². The number of benzene rings is 1. The van der Waals surface area contributed by atoms with Gasteiger partial charge < -0.3 is 20.5 Å². The van der Waals surface area contributed by atoms with Crippen LogP contribution in [-0.2, 0) is 0 Å². The van der Waals surface area contributed by atoms with Gasteiger partial charge in [-0.25, -0.2) is 10.8 Å². The van der Waals surface area contributed by atoms with Crippen LogP contribution in [0.2, 0.25) is 0 Å². The largest absolute Gasteiger partial charge is 0.395 e. The van der Waals surface area contributed by atoms with Gasteiger partial charge in [-0.15, -0.1) is 0 Å². The predicted octanol–water partition coefficient (Wildman–Crippen LogP) is -0.0528. The zero-order chi connectivity index (χ0) is 15.2. The number of hydrogen-bond donors (Lipinski definition) is 4. The van der Waals surface area contributed by atoms with Crippen LogP contribution in [0.5, 0.6) is 0 Å². The molecule has 0 bridgehead atoms. The number of carbonyl (C=O) groups is 1. The molecule has 0 fully saturated rings. The first-order valence-corrected chi connectivity index (χ1v) is 6.58. The third kappa shape index (κ3) is 3.10. The summed E-state index contributed by atoms with van der Waals surface area (Å²) in [4.78, 5) is 18.1. The molecule has 2 aromatic rings. The van der Waals surface area contributed by atoms with E-state index in [1.54, 1.807) is 6.07 Å². The van der Waals surface area contributed by atoms with Gasteiger partial charge in [0.05, 0.1) is 18.8 Å². The first kappa shape index (κ1) is 15.2. The van der Waals surface area contributed by atoms with Crippen molar-refractivity contribution in [3.63, 3.8) is 0 Å². The molecule has 0 spiro atoms. The summed E-state index contributed by atoms with van der Waals surface area (Å²) in [5.41, 5.74) is 2.91. The smallest absolute Gasteiger partial charge is 0.256 e. The first-order valence-electron chi connectivity index (χ1n) is 6.58. The summed E-state index contributed by atoms with van der Waals surface area (Å²) in [6, 6.07) is 7.28. The van der Waals surface area contributed by atoms with Crippen molar-refractivity contribution < 1.29 is 15.0 Å². The fourth-order valence-corrected chi connectivity index (χ4v) is 2.20. The second-order valence-corrected chi connectivity index (χ2v) is 4.45. The zero-order valence-electron chi connectivity index (χ0n) is 11.5. The lowest BCUT2D eigenvalue weighted by Gasteiger charge is -2.21. The molecule has 0 saturated heterocycles. The molecular formula is C14H18N4O3. The van der Waals surface area contributed by atoms with Crippen LogP contribution in [0.3, 0.4) is 0 Å². The number of anilines is 1. The quantitative estimate of drug-likeness (QED) is 0.438. The van der Waals surface area contributed by atoms with E-state index >= 15 is 0 Å². The predicted molar refractivity (Wildman–Crippen MR) is 79.6 cm³/mol. The summed E-state index contributed by atoms with van der Waals surface area (Å²) in [5, 5.41) is 19.5. The summed E-state index contributed by atoms with van der Waals surface area (Å²) < 4.78 is 0. The monoisotopic (exact) mass is 290 g/mol. The van der Waals surface area contributed by atoms with E-state index in [0.29, 0.717) is 16.8 Å². The maximum Gasteiger partial charge on any atom is 0.256 e. The van der Waals surface area contributed by atoms with Crippen molar-refractivity contribution in [3.8, 4) is 0 Å². The number of hydrogen-bond acceptors (Lipinski definition) is 6. The van der Waals surface area contributed by atoms with Gasteiger partial charge in [0.15, 0.2) is 0 Å². The zero-order valence-corrected chi connectivity index (χ0v) is 11.5. The molecule has 0 atom stereocenters. The highest BCUT2D eigenvalue weighted by atomic mass is 16.3. The number of nitrogens with one attached hydrogen (secondary N) is 1. The van der Waals surface area contributed by atoms with E-state index in [1.807, 2.05) is 18.2 Å². The van der Waals surface area contributed by atoms with Crippen LogP contribution in [0.15, 0.2) is 30.5 Å². The Morgan fingerprint density at radius 1 is 1.19 bits per heavy atom. The molecular weight excluding hydrogens is 272 g/mol. The maximum atomic E-state index is 12.6. The molecule has 112 valence electrons. The van der Waals surface area contributed by atoms with Crippen LogP contribution in [0.1, 0.15) is 10.4 Å². The number of nitrogens with zero attached hydrogens (tertiary/aromatic N) is 2. The van der Waals surface area contributed by atoms with Gasteiger partial charge in [0.1, 0.15) is 5.82 Å². The number of amides is 1. The van der Waals surface area contributed by atoms with E-state index in [0.717, 1.165) is 5.39 Å². The number of fused-ring (bicyclic) bond motifs is 1. The van der Waals surface area contributed by atoms with Gasteiger partial charge in [-0.3, -0.25) is 4.79 Å². The second-order valence-electron chi connectivity index (χ2n) is 4.45. The molecule has 7 heteroatoms. The maximum absolute atomic E-state index is 12.6. The van der Waals surface area contributed by atoms with Crippen molar-refractivity contribution in [2.24, 2.45) is 5.84 Å². The average Bonchev–Trinajstić information content (AvgIpc) is 2.53. The first-order chi connectivity index (χ1) is 10.2. The number of carbonyl (C=O) groups excluding carboxylic acids is 1. The molecule has 21 heavy (non-hydrogen) atoms. The molecule has 0 aliphatic heterocycles. The standard InChI is InChI=1S/C14H18N4O3/c15-17-13-11-4-2-1-3-10(11)12(9-16-13)14(21)18(5-7-19)6-8-20/h1-4,9,19-20H,5-8,15H2,(H,16,17). The number of rotatable bonds is 6. The molecule has 1 heterocycles. The van der Waals surface area contributed by atoms with E-state index in [-0.39, 0.29) is 32.2 Å².